The van der Waals surface area contributed by atoms with Crippen LogP contribution in [0.25, 0.3) is 0 Å². The number of fused-ring (bicyclic) bond motifs is 1. The van der Waals surface area contributed by atoms with Crippen molar-refractivity contribution >= 4 is 5.91 Å². The molecule has 144 valence electrons. The van der Waals surface area contributed by atoms with E-state index in [9.17, 15) is 4.79 Å². The summed E-state index contributed by atoms with van der Waals surface area (Å²) in [6.45, 7) is 5.48. The van der Waals surface area contributed by atoms with Crippen LogP contribution in [0.15, 0.2) is 30.5 Å². The van der Waals surface area contributed by atoms with Crippen molar-refractivity contribution < 1.29 is 14.3 Å². The van der Waals surface area contributed by atoms with Gasteiger partial charge in [-0.05, 0) is 24.5 Å². The Labute approximate surface area is 158 Å². The van der Waals surface area contributed by atoms with Crippen molar-refractivity contribution in [3.63, 3.8) is 0 Å². The highest BCUT2D eigenvalue weighted by atomic mass is 16.5. The van der Waals surface area contributed by atoms with E-state index in [-0.39, 0.29) is 12.0 Å². The molecule has 27 heavy (non-hydrogen) atoms. The number of hydrogen-bond acceptors (Lipinski definition) is 6. The van der Waals surface area contributed by atoms with Gasteiger partial charge in [0.05, 0.1) is 32.5 Å². The maximum Gasteiger partial charge on any atom is 0.273 e. The number of benzene rings is 1. The van der Waals surface area contributed by atoms with Crippen molar-refractivity contribution in [3.8, 4) is 5.75 Å². The van der Waals surface area contributed by atoms with Crippen molar-refractivity contribution in [1.29, 1.82) is 0 Å². The normalized spacial score (nSPS) is 19.9. The van der Waals surface area contributed by atoms with Crippen LogP contribution < -0.4 is 10.1 Å². The minimum Gasteiger partial charge on any atom is -0.488 e. The average molecular weight is 371 g/mol. The fraction of sp³-hybridized carbons (Fsp3) is 0.526. The molecule has 1 amide bonds. The molecule has 2 aromatic rings. The number of ether oxygens (including phenoxy) is 2. The summed E-state index contributed by atoms with van der Waals surface area (Å²) in [4.78, 5) is 14.7. The molecule has 1 saturated heterocycles. The van der Waals surface area contributed by atoms with Gasteiger partial charge in [0.25, 0.3) is 5.91 Å². The monoisotopic (exact) mass is 371 g/mol. The largest absolute Gasteiger partial charge is 0.488 e. The number of amides is 1. The zero-order valence-electron chi connectivity index (χ0n) is 15.3. The molecule has 8 nitrogen and oxygen atoms in total. The smallest absolute Gasteiger partial charge is 0.273 e. The van der Waals surface area contributed by atoms with E-state index in [0.29, 0.717) is 18.8 Å². The molecule has 1 N–H and O–H groups in total. The molecule has 4 rings (SSSR count). The summed E-state index contributed by atoms with van der Waals surface area (Å²) in [6, 6.07) is 8.05. The summed E-state index contributed by atoms with van der Waals surface area (Å²) in [5, 5.41) is 11.0. The van der Waals surface area contributed by atoms with Crippen LogP contribution in [-0.4, -0.2) is 71.3 Å². The number of rotatable bonds is 6. The topological polar surface area (TPSA) is 81.5 Å². The lowest BCUT2D eigenvalue weighted by Crippen LogP contribution is -2.38. The number of nitrogens with zero attached hydrogens (tertiary/aromatic N) is 4. The Balaban J connectivity index is 1.24. The number of nitrogens with one attached hydrogen (secondary N) is 1. The van der Waals surface area contributed by atoms with E-state index in [1.165, 1.54) is 5.56 Å². The van der Waals surface area contributed by atoms with Gasteiger partial charge in [0.15, 0.2) is 5.69 Å². The first kappa shape index (κ1) is 17.9. The van der Waals surface area contributed by atoms with E-state index in [0.717, 1.165) is 51.4 Å². The Morgan fingerprint density at radius 1 is 1.22 bits per heavy atom. The molecule has 0 saturated carbocycles. The number of aromatic nitrogens is 3. The molecule has 1 atom stereocenters. The molecule has 3 heterocycles. The van der Waals surface area contributed by atoms with Gasteiger partial charge < -0.3 is 14.8 Å². The second-order valence-electron chi connectivity index (χ2n) is 6.92. The van der Waals surface area contributed by atoms with Crippen LogP contribution in [0.1, 0.15) is 22.5 Å². The zero-order valence-corrected chi connectivity index (χ0v) is 15.3. The van der Waals surface area contributed by atoms with Gasteiger partial charge in [-0.25, -0.2) is 0 Å². The lowest BCUT2D eigenvalue weighted by Gasteiger charge is -2.26. The number of carbonyl (C=O) groups is 1. The van der Waals surface area contributed by atoms with E-state index in [2.05, 4.69) is 26.6 Å². The molecule has 8 heteroatoms. The van der Waals surface area contributed by atoms with Crippen molar-refractivity contribution in [1.82, 2.24) is 25.2 Å². The van der Waals surface area contributed by atoms with Gasteiger partial charge in [-0.15, -0.1) is 5.10 Å². The van der Waals surface area contributed by atoms with E-state index in [4.69, 9.17) is 9.47 Å². The minimum atomic E-state index is -0.213. The Morgan fingerprint density at radius 2 is 2.07 bits per heavy atom. The summed E-state index contributed by atoms with van der Waals surface area (Å²) in [5.74, 6) is 0.701. The number of morpholine rings is 1. The third-order valence-corrected chi connectivity index (χ3v) is 5.01. The Hall–Kier alpha value is -2.45. The van der Waals surface area contributed by atoms with E-state index >= 15 is 0 Å². The highest BCUT2D eigenvalue weighted by Gasteiger charge is 2.21. The molecule has 1 aromatic carbocycles. The quantitative estimate of drug-likeness (QED) is 0.806. The van der Waals surface area contributed by atoms with Crippen LogP contribution in [0.4, 0.5) is 0 Å². The second-order valence-corrected chi connectivity index (χ2v) is 6.92. The van der Waals surface area contributed by atoms with Crippen LogP contribution in [0.5, 0.6) is 5.75 Å². The first-order valence-electron chi connectivity index (χ1n) is 9.51. The van der Waals surface area contributed by atoms with E-state index < -0.39 is 0 Å². The van der Waals surface area contributed by atoms with Crippen LogP contribution >= 0.6 is 0 Å². The molecule has 1 fully saturated rings. The lowest BCUT2D eigenvalue weighted by atomic mass is 10.0. The highest BCUT2D eigenvalue weighted by Crippen LogP contribution is 2.26. The molecule has 2 aliphatic rings. The molecule has 0 bridgehead atoms. The molecule has 2 aliphatic heterocycles. The van der Waals surface area contributed by atoms with Crippen molar-refractivity contribution in [3.05, 3.63) is 41.7 Å². The van der Waals surface area contributed by atoms with Crippen molar-refractivity contribution in [2.45, 2.75) is 25.5 Å². The Bertz CT molecular complexity index is 772. The molecule has 0 radical (unpaired) electrons. The number of carbonyl (C=O) groups excluding carboxylic acids is 1. The summed E-state index contributed by atoms with van der Waals surface area (Å²) in [5.41, 5.74) is 1.57. The van der Waals surface area contributed by atoms with Gasteiger partial charge in [-0.2, -0.15) is 0 Å². The fourth-order valence-corrected chi connectivity index (χ4v) is 3.40. The van der Waals surface area contributed by atoms with Gasteiger partial charge >= 0.3 is 0 Å². The van der Waals surface area contributed by atoms with Crippen molar-refractivity contribution in [2.75, 3.05) is 39.4 Å². The average Bonchev–Trinajstić information content (AvgIpc) is 3.20. The van der Waals surface area contributed by atoms with Crippen molar-refractivity contribution in [2.24, 2.45) is 0 Å². The van der Waals surface area contributed by atoms with Gasteiger partial charge in [0.2, 0.25) is 0 Å². The maximum absolute atomic E-state index is 12.3. The zero-order chi connectivity index (χ0) is 18.5. The number of para-hydroxylation sites is 1. The third-order valence-electron chi connectivity index (χ3n) is 5.01. The number of hydrogen-bond donors (Lipinski definition) is 1. The molecule has 1 aromatic heterocycles. The predicted octanol–water partition coefficient (Wildman–Crippen LogP) is 0.734. The SMILES string of the molecule is O=C(NC[C@H]1CCc2ccccc2O1)c1cn(CCN2CCOCC2)nn1. The second kappa shape index (κ2) is 8.49. The molecular formula is C19H25N5O3. The van der Waals surface area contributed by atoms with Gasteiger partial charge in [-0.3, -0.25) is 14.4 Å². The van der Waals surface area contributed by atoms with E-state index in [1.807, 2.05) is 18.2 Å². The Kier molecular flexibility index (Phi) is 5.64. The van der Waals surface area contributed by atoms with Crippen LogP contribution in [0.3, 0.4) is 0 Å². The van der Waals surface area contributed by atoms with Crippen LogP contribution in [0.2, 0.25) is 0 Å². The fourth-order valence-electron chi connectivity index (χ4n) is 3.40. The van der Waals surface area contributed by atoms with Gasteiger partial charge in [-0.1, -0.05) is 23.4 Å². The first-order valence-corrected chi connectivity index (χ1v) is 9.51. The molecule has 0 spiro atoms. The summed E-state index contributed by atoms with van der Waals surface area (Å²) in [7, 11) is 0. The first-order chi connectivity index (χ1) is 13.3. The standard InChI is InChI=1S/C19H25N5O3/c25-19(20-13-16-6-5-15-3-1-2-4-18(15)27-16)17-14-24(22-21-17)8-7-23-9-11-26-12-10-23/h1-4,14,16H,5-13H2,(H,20,25)/t16-/m1/s1. The summed E-state index contributed by atoms with van der Waals surface area (Å²) >= 11 is 0. The molecular weight excluding hydrogens is 346 g/mol. The maximum atomic E-state index is 12.3. The predicted molar refractivity (Wildman–Crippen MR) is 98.8 cm³/mol. The number of aryl methyl sites for hydroxylation is 1. The highest BCUT2D eigenvalue weighted by molar-refractivity contribution is 5.91. The summed E-state index contributed by atoms with van der Waals surface area (Å²) in [6.07, 6.45) is 3.55. The van der Waals surface area contributed by atoms with E-state index in [1.54, 1.807) is 10.9 Å². The molecule has 0 unspecified atom stereocenters. The lowest BCUT2D eigenvalue weighted by molar-refractivity contribution is 0.0359. The minimum absolute atomic E-state index is 0.0137. The Morgan fingerprint density at radius 3 is 2.96 bits per heavy atom. The third kappa shape index (κ3) is 4.64. The van der Waals surface area contributed by atoms with Gasteiger partial charge in [0, 0.05) is 19.6 Å². The van der Waals surface area contributed by atoms with Gasteiger partial charge in [0.1, 0.15) is 11.9 Å². The van der Waals surface area contributed by atoms with Crippen LogP contribution in [0, 0.1) is 0 Å². The molecule has 0 aliphatic carbocycles. The summed E-state index contributed by atoms with van der Waals surface area (Å²) < 4.78 is 13.0. The van der Waals surface area contributed by atoms with Crippen LogP contribution in [-0.2, 0) is 17.7 Å².